The fraction of sp³-hybridized carbons (Fsp3) is 0.571. The van der Waals surface area contributed by atoms with Gasteiger partial charge in [-0.1, -0.05) is 70.4 Å². The number of hydrogen-bond donors (Lipinski definition) is 2. The standard InChI is InChI=1S/C28H40O5/c1-3-4-5-6-7-8-9-10-11-12-13-14-15-16-17-23(28(31)32)22-19-25(30)27-24(29)18-21(2)33-26(27)20-22/h10-11,18-20,23,30H,3-9,12-17H2,1-2H3,(H,31,32)/b11-10+. The van der Waals surface area contributed by atoms with E-state index >= 15 is 0 Å². The number of carboxylic acids is 1. The topological polar surface area (TPSA) is 87.7 Å². The van der Waals surface area contributed by atoms with Crippen LogP contribution < -0.4 is 5.43 Å². The summed E-state index contributed by atoms with van der Waals surface area (Å²) < 4.78 is 5.56. The van der Waals surface area contributed by atoms with Crippen LogP contribution in [0.4, 0.5) is 0 Å². The number of rotatable bonds is 16. The summed E-state index contributed by atoms with van der Waals surface area (Å²) in [5.41, 5.74) is 0.374. The Labute approximate surface area is 197 Å². The summed E-state index contributed by atoms with van der Waals surface area (Å²) in [5.74, 6) is -1.46. The highest BCUT2D eigenvalue weighted by Gasteiger charge is 2.22. The highest BCUT2D eigenvalue weighted by Crippen LogP contribution is 2.31. The van der Waals surface area contributed by atoms with E-state index < -0.39 is 11.9 Å². The molecule has 0 saturated carbocycles. The number of phenols is 1. The third kappa shape index (κ3) is 9.07. The van der Waals surface area contributed by atoms with E-state index in [0.29, 0.717) is 17.7 Å². The van der Waals surface area contributed by atoms with Crippen LogP contribution in [0.15, 0.2) is 39.6 Å². The molecule has 0 saturated heterocycles. The molecule has 1 aromatic heterocycles. The van der Waals surface area contributed by atoms with Crippen LogP contribution in [-0.2, 0) is 4.79 Å². The first kappa shape index (κ1) is 26.7. The Balaban J connectivity index is 1.73. The molecule has 0 aliphatic heterocycles. The second-order valence-electron chi connectivity index (χ2n) is 9.04. The zero-order valence-electron chi connectivity index (χ0n) is 20.3. The van der Waals surface area contributed by atoms with E-state index in [9.17, 15) is 19.8 Å². The SMILES string of the molecule is CCCCCCCC/C=C/CCCCCCC(C(=O)O)c1cc(O)c2c(=O)cc(C)oc2c1. The molecule has 2 aromatic rings. The van der Waals surface area contributed by atoms with Gasteiger partial charge in [-0.2, -0.15) is 0 Å². The number of carbonyl (C=O) groups is 1. The molecular weight excluding hydrogens is 416 g/mol. The maximum absolute atomic E-state index is 12.1. The Morgan fingerprint density at radius 3 is 2.18 bits per heavy atom. The second-order valence-corrected chi connectivity index (χ2v) is 9.04. The first-order valence-electron chi connectivity index (χ1n) is 12.6. The van der Waals surface area contributed by atoms with E-state index in [1.807, 2.05) is 0 Å². The summed E-state index contributed by atoms with van der Waals surface area (Å²) in [6.07, 6.45) is 19.3. The Kier molecular flexibility index (Phi) is 11.8. The number of carboxylic acid groups (broad SMARTS) is 1. The molecule has 0 fully saturated rings. The van der Waals surface area contributed by atoms with Crippen molar-refractivity contribution in [1.29, 1.82) is 0 Å². The largest absolute Gasteiger partial charge is 0.507 e. The third-order valence-electron chi connectivity index (χ3n) is 6.16. The van der Waals surface area contributed by atoms with Gasteiger partial charge in [-0.25, -0.2) is 0 Å². The fourth-order valence-corrected chi connectivity index (χ4v) is 4.29. The lowest BCUT2D eigenvalue weighted by Gasteiger charge is -2.14. The van der Waals surface area contributed by atoms with Crippen molar-refractivity contribution >= 4 is 16.9 Å². The zero-order valence-corrected chi connectivity index (χ0v) is 20.3. The van der Waals surface area contributed by atoms with Crippen molar-refractivity contribution in [2.24, 2.45) is 0 Å². The molecule has 5 heteroatoms. The van der Waals surface area contributed by atoms with E-state index in [-0.39, 0.29) is 22.1 Å². The minimum atomic E-state index is -0.929. The summed E-state index contributed by atoms with van der Waals surface area (Å²) in [4.78, 5) is 24.0. The van der Waals surface area contributed by atoms with Crippen LogP contribution in [0.3, 0.4) is 0 Å². The number of unbranched alkanes of at least 4 members (excludes halogenated alkanes) is 10. The monoisotopic (exact) mass is 456 g/mol. The van der Waals surface area contributed by atoms with Crippen LogP contribution >= 0.6 is 0 Å². The number of allylic oxidation sites excluding steroid dienone is 2. The normalized spacial score (nSPS) is 12.5. The molecule has 2 N–H and O–H groups in total. The molecule has 0 aliphatic carbocycles. The number of aryl methyl sites for hydroxylation is 1. The number of phenolic OH excluding ortho intramolecular Hbond substituents is 1. The number of aliphatic carboxylic acids is 1. The quantitative estimate of drug-likeness (QED) is 0.200. The van der Waals surface area contributed by atoms with Gasteiger partial charge in [0.1, 0.15) is 22.5 Å². The van der Waals surface area contributed by atoms with E-state index in [2.05, 4.69) is 19.1 Å². The summed E-state index contributed by atoms with van der Waals surface area (Å²) >= 11 is 0. The first-order chi connectivity index (χ1) is 15.9. The van der Waals surface area contributed by atoms with Crippen molar-refractivity contribution < 1.29 is 19.4 Å². The smallest absolute Gasteiger partial charge is 0.310 e. The summed E-state index contributed by atoms with van der Waals surface area (Å²) in [5, 5.41) is 20.1. The molecular formula is C28H40O5. The molecule has 1 atom stereocenters. The van der Waals surface area contributed by atoms with E-state index in [4.69, 9.17) is 4.42 Å². The summed E-state index contributed by atoms with van der Waals surface area (Å²) in [6.45, 7) is 3.90. The van der Waals surface area contributed by atoms with Gasteiger partial charge in [0.15, 0.2) is 5.43 Å². The molecule has 182 valence electrons. The molecule has 1 aromatic carbocycles. The Morgan fingerprint density at radius 2 is 1.55 bits per heavy atom. The molecule has 1 unspecified atom stereocenters. The van der Waals surface area contributed by atoms with Crippen LogP contribution in [0.2, 0.25) is 0 Å². The number of fused-ring (bicyclic) bond motifs is 1. The molecule has 1 heterocycles. The minimum absolute atomic E-state index is 0.0954. The van der Waals surface area contributed by atoms with Gasteiger partial charge >= 0.3 is 5.97 Å². The van der Waals surface area contributed by atoms with Crippen molar-refractivity contribution in [2.75, 3.05) is 0 Å². The van der Waals surface area contributed by atoms with Gasteiger partial charge in [-0.15, -0.1) is 0 Å². The Bertz CT molecular complexity index is 957. The predicted molar refractivity (Wildman–Crippen MR) is 134 cm³/mol. The van der Waals surface area contributed by atoms with E-state index in [0.717, 1.165) is 32.1 Å². The summed E-state index contributed by atoms with van der Waals surface area (Å²) in [7, 11) is 0. The van der Waals surface area contributed by atoms with E-state index in [1.165, 1.54) is 57.1 Å². The van der Waals surface area contributed by atoms with Crippen LogP contribution in [-0.4, -0.2) is 16.2 Å². The summed E-state index contributed by atoms with van der Waals surface area (Å²) in [6, 6.07) is 4.29. The molecule has 33 heavy (non-hydrogen) atoms. The van der Waals surface area contributed by atoms with Crippen molar-refractivity contribution in [3.8, 4) is 5.75 Å². The van der Waals surface area contributed by atoms with Crippen LogP contribution in [0.1, 0.15) is 108 Å². The lowest BCUT2D eigenvalue weighted by atomic mass is 9.92. The van der Waals surface area contributed by atoms with Crippen molar-refractivity contribution in [3.05, 3.63) is 51.9 Å². The maximum Gasteiger partial charge on any atom is 0.310 e. The van der Waals surface area contributed by atoms with Gasteiger partial charge in [0.25, 0.3) is 0 Å². The lowest BCUT2D eigenvalue weighted by Crippen LogP contribution is -2.12. The molecule has 0 amide bonds. The average Bonchev–Trinajstić information content (AvgIpc) is 2.75. The zero-order chi connectivity index (χ0) is 24.1. The third-order valence-corrected chi connectivity index (χ3v) is 6.16. The molecule has 0 spiro atoms. The highest BCUT2D eigenvalue weighted by atomic mass is 16.4. The fourth-order valence-electron chi connectivity index (χ4n) is 4.29. The highest BCUT2D eigenvalue weighted by molar-refractivity contribution is 5.86. The van der Waals surface area contributed by atoms with Gasteiger partial charge in [-0.05, 0) is 56.7 Å². The van der Waals surface area contributed by atoms with Crippen LogP contribution in [0.5, 0.6) is 5.75 Å². The average molecular weight is 457 g/mol. The van der Waals surface area contributed by atoms with Gasteiger partial charge < -0.3 is 14.6 Å². The minimum Gasteiger partial charge on any atom is -0.507 e. The van der Waals surface area contributed by atoms with Crippen molar-refractivity contribution in [1.82, 2.24) is 0 Å². The van der Waals surface area contributed by atoms with Crippen LogP contribution in [0, 0.1) is 6.92 Å². The number of hydrogen-bond acceptors (Lipinski definition) is 4. The molecule has 0 radical (unpaired) electrons. The van der Waals surface area contributed by atoms with Gasteiger partial charge in [0.05, 0.1) is 5.92 Å². The molecule has 2 rings (SSSR count). The molecule has 0 bridgehead atoms. The predicted octanol–water partition coefficient (Wildman–Crippen LogP) is 7.62. The van der Waals surface area contributed by atoms with Gasteiger partial charge in [-0.3, -0.25) is 9.59 Å². The molecule has 5 nitrogen and oxygen atoms in total. The molecule has 0 aliphatic rings. The van der Waals surface area contributed by atoms with Crippen molar-refractivity contribution in [3.63, 3.8) is 0 Å². The second kappa shape index (κ2) is 14.6. The van der Waals surface area contributed by atoms with Crippen molar-refractivity contribution in [2.45, 2.75) is 103 Å². The van der Waals surface area contributed by atoms with Crippen LogP contribution in [0.25, 0.3) is 11.0 Å². The number of benzene rings is 1. The van der Waals surface area contributed by atoms with Gasteiger partial charge in [0, 0.05) is 6.07 Å². The number of aromatic hydroxyl groups is 1. The first-order valence-corrected chi connectivity index (χ1v) is 12.6. The van der Waals surface area contributed by atoms with Gasteiger partial charge in [0.2, 0.25) is 0 Å². The Hall–Kier alpha value is -2.56. The maximum atomic E-state index is 12.1. The van der Waals surface area contributed by atoms with E-state index in [1.54, 1.807) is 13.0 Å². The Morgan fingerprint density at radius 1 is 0.939 bits per heavy atom. The lowest BCUT2D eigenvalue weighted by molar-refractivity contribution is -0.139.